The first kappa shape index (κ1) is 10.9. The first-order valence-electron chi connectivity index (χ1n) is 5.20. The maximum absolute atomic E-state index is 8.84. The monoisotopic (exact) mass is 227 g/mol. The fourth-order valence-electron chi connectivity index (χ4n) is 2.10. The number of thiophene rings is 1. The van der Waals surface area contributed by atoms with Gasteiger partial charge in [-0.15, -0.1) is 11.3 Å². The van der Waals surface area contributed by atoms with Crippen molar-refractivity contribution in [3.05, 3.63) is 45.8 Å². The Kier molecular flexibility index (Phi) is 2.80. The van der Waals surface area contributed by atoms with Gasteiger partial charge in [0, 0.05) is 4.88 Å². The SMILES string of the molecule is Cc1cc(C)c(-c2ccc(C#N)s2)c(C)c1. The van der Waals surface area contributed by atoms with E-state index in [0.29, 0.717) is 0 Å². The molecular formula is C14H13NS. The van der Waals surface area contributed by atoms with Crippen LogP contribution in [0, 0.1) is 32.1 Å². The molecule has 80 valence electrons. The lowest BCUT2D eigenvalue weighted by Crippen LogP contribution is -1.87. The summed E-state index contributed by atoms with van der Waals surface area (Å²) in [5, 5.41) is 8.84. The molecule has 16 heavy (non-hydrogen) atoms. The Labute approximate surface area is 100.0 Å². The van der Waals surface area contributed by atoms with Gasteiger partial charge in [0.15, 0.2) is 0 Å². The van der Waals surface area contributed by atoms with E-state index in [9.17, 15) is 0 Å². The Morgan fingerprint density at radius 1 is 1.06 bits per heavy atom. The molecule has 0 bridgehead atoms. The number of nitrogens with zero attached hydrogens (tertiary/aromatic N) is 1. The van der Waals surface area contributed by atoms with Crippen molar-refractivity contribution in [2.75, 3.05) is 0 Å². The minimum atomic E-state index is 0.773. The average Bonchev–Trinajstić information content (AvgIpc) is 2.64. The lowest BCUT2D eigenvalue weighted by atomic mass is 9.99. The van der Waals surface area contributed by atoms with E-state index in [0.717, 1.165) is 4.88 Å². The van der Waals surface area contributed by atoms with Crippen LogP contribution < -0.4 is 0 Å². The molecule has 0 aliphatic carbocycles. The second kappa shape index (κ2) is 4.11. The third-order valence-electron chi connectivity index (χ3n) is 2.64. The Balaban J connectivity index is 2.60. The van der Waals surface area contributed by atoms with Gasteiger partial charge in [0.25, 0.3) is 0 Å². The van der Waals surface area contributed by atoms with Crippen LogP contribution in [0.1, 0.15) is 21.6 Å². The smallest absolute Gasteiger partial charge is 0.110 e. The summed E-state index contributed by atoms with van der Waals surface area (Å²) in [6, 6.07) is 10.5. The molecule has 2 heteroatoms. The molecule has 0 aliphatic heterocycles. The van der Waals surface area contributed by atoms with E-state index in [1.54, 1.807) is 11.3 Å². The minimum absolute atomic E-state index is 0.773. The molecule has 0 saturated heterocycles. The third-order valence-corrected chi connectivity index (χ3v) is 3.65. The van der Waals surface area contributed by atoms with E-state index in [1.807, 2.05) is 12.1 Å². The summed E-state index contributed by atoms with van der Waals surface area (Å²) >= 11 is 1.56. The first-order chi connectivity index (χ1) is 7.61. The van der Waals surface area contributed by atoms with Crippen LogP contribution in [0.4, 0.5) is 0 Å². The Bertz CT molecular complexity index is 550. The average molecular weight is 227 g/mol. The Morgan fingerprint density at radius 2 is 1.69 bits per heavy atom. The van der Waals surface area contributed by atoms with Crippen LogP contribution in [0.15, 0.2) is 24.3 Å². The highest BCUT2D eigenvalue weighted by molar-refractivity contribution is 7.16. The van der Waals surface area contributed by atoms with Crippen LogP contribution in [0.25, 0.3) is 10.4 Å². The van der Waals surface area contributed by atoms with Crippen molar-refractivity contribution in [2.45, 2.75) is 20.8 Å². The molecule has 2 rings (SSSR count). The molecule has 0 saturated carbocycles. The van der Waals surface area contributed by atoms with Gasteiger partial charge in [0.1, 0.15) is 10.9 Å². The molecule has 1 aromatic heterocycles. The highest BCUT2D eigenvalue weighted by Crippen LogP contribution is 2.33. The zero-order valence-corrected chi connectivity index (χ0v) is 10.5. The van der Waals surface area contributed by atoms with E-state index in [4.69, 9.17) is 5.26 Å². The summed E-state index contributed by atoms with van der Waals surface area (Å²) in [7, 11) is 0. The zero-order chi connectivity index (χ0) is 11.7. The topological polar surface area (TPSA) is 23.8 Å². The lowest BCUT2D eigenvalue weighted by Gasteiger charge is -2.09. The van der Waals surface area contributed by atoms with Crippen molar-refractivity contribution < 1.29 is 0 Å². The number of benzene rings is 1. The highest BCUT2D eigenvalue weighted by Gasteiger charge is 2.09. The molecule has 1 heterocycles. The van der Waals surface area contributed by atoms with E-state index in [-0.39, 0.29) is 0 Å². The fraction of sp³-hybridized carbons (Fsp3) is 0.214. The summed E-state index contributed by atoms with van der Waals surface area (Å²) in [6.07, 6.45) is 0. The molecule has 1 aromatic carbocycles. The number of aryl methyl sites for hydroxylation is 3. The van der Waals surface area contributed by atoms with E-state index in [2.05, 4.69) is 39.0 Å². The standard InChI is InChI=1S/C14H13NS/c1-9-6-10(2)14(11(3)7-9)13-5-4-12(8-15)16-13/h4-7H,1-3H3. The number of hydrogen-bond acceptors (Lipinski definition) is 2. The van der Waals surface area contributed by atoms with Crippen LogP contribution in [-0.4, -0.2) is 0 Å². The molecule has 0 spiro atoms. The van der Waals surface area contributed by atoms with E-state index >= 15 is 0 Å². The second-order valence-electron chi connectivity index (χ2n) is 4.05. The summed E-state index contributed by atoms with van der Waals surface area (Å²) in [5.41, 5.74) is 5.13. The van der Waals surface area contributed by atoms with Gasteiger partial charge in [-0.05, 0) is 49.6 Å². The number of rotatable bonds is 1. The van der Waals surface area contributed by atoms with Crippen molar-refractivity contribution in [3.63, 3.8) is 0 Å². The Morgan fingerprint density at radius 3 is 2.19 bits per heavy atom. The molecule has 0 atom stereocenters. The van der Waals surface area contributed by atoms with Crippen molar-refractivity contribution in [3.8, 4) is 16.5 Å². The minimum Gasteiger partial charge on any atom is -0.192 e. The maximum atomic E-state index is 8.84. The molecule has 2 aromatic rings. The maximum Gasteiger partial charge on any atom is 0.110 e. The molecule has 0 radical (unpaired) electrons. The molecule has 0 N–H and O–H groups in total. The Hall–Kier alpha value is -1.59. The van der Waals surface area contributed by atoms with Gasteiger partial charge in [0.2, 0.25) is 0 Å². The largest absolute Gasteiger partial charge is 0.192 e. The summed E-state index contributed by atoms with van der Waals surface area (Å²) in [5.74, 6) is 0. The van der Waals surface area contributed by atoms with Crippen LogP contribution >= 0.6 is 11.3 Å². The molecule has 0 aliphatic rings. The predicted octanol–water partition coefficient (Wildman–Crippen LogP) is 4.21. The molecule has 1 nitrogen and oxygen atoms in total. The van der Waals surface area contributed by atoms with Crippen LogP contribution in [0.3, 0.4) is 0 Å². The lowest BCUT2D eigenvalue weighted by molar-refractivity contribution is 1.33. The number of hydrogen-bond donors (Lipinski definition) is 0. The molecule has 0 amide bonds. The molecule has 0 unspecified atom stereocenters. The van der Waals surface area contributed by atoms with Gasteiger partial charge in [-0.3, -0.25) is 0 Å². The first-order valence-corrected chi connectivity index (χ1v) is 6.01. The second-order valence-corrected chi connectivity index (χ2v) is 5.13. The van der Waals surface area contributed by atoms with Gasteiger partial charge in [-0.25, -0.2) is 0 Å². The van der Waals surface area contributed by atoms with Gasteiger partial charge in [-0.1, -0.05) is 17.7 Å². The van der Waals surface area contributed by atoms with Crippen molar-refractivity contribution in [1.82, 2.24) is 0 Å². The fourth-order valence-corrected chi connectivity index (χ4v) is 3.08. The molecule has 0 fully saturated rings. The number of nitriles is 1. The van der Waals surface area contributed by atoms with Gasteiger partial charge >= 0.3 is 0 Å². The van der Waals surface area contributed by atoms with Crippen LogP contribution in [0.5, 0.6) is 0 Å². The normalized spacial score (nSPS) is 10.1. The summed E-state index contributed by atoms with van der Waals surface area (Å²) in [6.45, 7) is 6.36. The molecular weight excluding hydrogens is 214 g/mol. The summed E-state index contributed by atoms with van der Waals surface area (Å²) in [4.78, 5) is 1.96. The van der Waals surface area contributed by atoms with Gasteiger partial charge < -0.3 is 0 Å². The van der Waals surface area contributed by atoms with Crippen LogP contribution in [-0.2, 0) is 0 Å². The van der Waals surface area contributed by atoms with Gasteiger partial charge in [0.05, 0.1) is 0 Å². The van der Waals surface area contributed by atoms with E-state index in [1.165, 1.54) is 27.1 Å². The zero-order valence-electron chi connectivity index (χ0n) is 9.66. The predicted molar refractivity (Wildman–Crippen MR) is 68.7 cm³/mol. The van der Waals surface area contributed by atoms with Crippen LogP contribution in [0.2, 0.25) is 0 Å². The van der Waals surface area contributed by atoms with Crippen molar-refractivity contribution in [1.29, 1.82) is 5.26 Å². The van der Waals surface area contributed by atoms with E-state index < -0.39 is 0 Å². The summed E-state index contributed by atoms with van der Waals surface area (Å²) < 4.78 is 0. The van der Waals surface area contributed by atoms with Crippen molar-refractivity contribution in [2.24, 2.45) is 0 Å². The van der Waals surface area contributed by atoms with Crippen molar-refractivity contribution >= 4 is 11.3 Å². The highest BCUT2D eigenvalue weighted by atomic mass is 32.1. The third kappa shape index (κ3) is 1.87. The quantitative estimate of drug-likeness (QED) is 0.715. The van der Waals surface area contributed by atoms with Gasteiger partial charge in [-0.2, -0.15) is 5.26 Å².